The van der Waals surface area contributed by atoms with Gasteiger partial charge >= 0.3 is 12.1 Å². The number of ether oxygens (including phenoxy) is 2. The summed E-state index contributed by atoms with van der Waals surface area (Å²) < 4.78 is 10.1. The standard InChI is InChI=1S/C20H24ClNO4/c1-20(2,3)26-19(24)22-17-7-5-6-13(17)8-9-14-12-15(21)10-11-16(14)18(23)25-4/h10-13,17H,5-7H2,1-4H3,(H,22,24)/t13-,17?/m1/s1. The minimum atomic E-state index is -0.542. The van der Waals surface area contributed by atoms with Crippen LogP contribution in [0.4, 0.5) is 4.79 Å². The van der Waals surface area contributed by atoms with Gasteiger partial charge in [-0.05, 0) is 51.8 Å². The lowest BCUT2D eigenvalue weighted by Gasteiger charge is -2.23. The van der Waals surface area contributed by atoms with Gasteiger partial charge < -0.3 is 14.8 Å². The molecule has 0 aromatic heterocycles. The van der Waals surface area contributed by atoms with Gasteiger partial charge in [0.2, 0.25) is 0 Å². The number of esters is 1. The highest BCUT2D eigenvalue weighted by Crippen LogP contribution is 2.26. The number of hydrogen-bond donors (Lipinski definition) is 1. The van der Waals surface area contributed by atoms with Crippen molar-refractivity contribution < 1.29 is 19.1 Å². The molecule has 1 unspecified atom stereocenters. The Morgan fingerprint density at radius 2 is 2.00 bits per heavy atom. The molecule has 1 amide bonds. The number of alkyl carbamates (subject to hydrolysis) is 1. The van der Waals surface area contributed by atoms with E-state index in [1.165, 1.54) is 7.11 Å². The van der Waals surface area contributed by atoms with Crippen LogP contribution in [0.2, 0.25) is 5.02 Å². The van der Waals surface area contributed by atoms with E-state index < -0.39 is 17.7 Å². The van der Waals surface area contributed by atoms with Gasteiger partial charge in [-0.1, -0.05) is 29.9 Å². The van der Waals surface area contributed by atoms with Gasteiger partial charge in [0.1, 0.15) is 5.60 Å². The van der Waals surface area contributed by atoms with Gasteiger partial charge in [0.05, 0.1) is 12.7 Å². The Morgan fingerprint density at radius 3 is 2.65 bits per heavy atom. The van der Waals surface area contributed by atoms with E-state index in [1.807, 2.05) is 20.8 Å². The Balaban J connectivity index is 2.15. The lowest BCUT2D eigenvalue weighted by Crippen LogP contribution is -2.40. The number of hydrogen-bond acceptors (Lipinski definition) is 4. The number of nitrogens with one attached hydrogen (secondary N) is 1. The molecule has 5 nitrogen and oxygen atoms in total. The predicted octanol–water partition coefficient (Wildman–Crippen LogP) is 4.17. The molecule has 2 rings (SSSR count). The van der Waals surface area contributed by atoms with Crippen LogP contribution in [-0.2, 0) is 9.47 Å². The maximum Gasteiger partial charge on any atom is 0.407 e. The second kappa shape index (κ2) is 8.46. The van der Waals surface area contributed by atoms with Gasteiger partial charge in [0.15, 0.2) is 0 Å². The molecule has 0 bridgehead atoms. The number of carbonyl (C=O) groups excluding carboxylic acids is 2. The molecule has 1 N–H and O–H groups in total. The zero-order valence-electron chi connectivity index (χ0n) is 15.5. The summed E-state index contributed by atoms with van der Waals surface area (Å²) >= 11 is 6.03. The van der Waals surface area contributed by atoms with Crippen LogP contribution in [0.25, 0.3) is 0 Å². The summed E-state index contributed by atoms with van der Waals surface area (Å²) in [5.74, 6) is 5.75. The second-order valence-electron chi connectivity index (χ2n) is 7.24. The number of rotatable bonds is 2. The molecule has 0 heterocycles. The van der Waals surface area contributed by atoms with Crippen molar-refractivity contribution in [1.82, 2.24) is 5.32 Å². The van der Waals surface area contributed by atoms with E-state index in [0.29, 0.717) is 16.1 Å². The zero-order chi connectivity index (χ0) is 19.3. The second-order valence-corrected chi connectivity index (χ2v) is 7.68. The van der Waals surface area contributed by atoms with E-state index in [1.54, 1.807) is 18.2 Å². The highest BCUT2D eigenvalue weighted by atomic mass is 35.5. The Kier molecular flexibility index (Phi) is 6.55. The van der Waals surface area contributed by atoms with E-state index in [-0.39, 0.29) is 12.0 Å². The molecule has 1 aromatic carbocycles. The van der Waals surface area contributed by atoms with Crippen molar-refractivity contribution in [3.63, 3.8) is 0 Å². The van der Waals surface area contributed by atoms with Gasteiger partial charge in [-0.15, -0.1) is 0 Å². The molecule has 1 aliphatic carbocycles. The van der Waals surface area contributed by atoms with Crippen molar-refractivity contribution >= 4 is 23.7 Å². The van der Waals surface area contributed by atoms with Crippen LogP contribution >= 0.6 is 11.6 Å². The van der Waals surface area contributed by atoms with Crippen molar-refractivity contribution in [3.05, 3.63) is 34.3 Å². The minimum Gasteiger partial charge on any atom is -0.465 e. The fourth-order valence-corrected chi connectivity index (χ4v) is 3.01. The Morgan fingerprint density at radius 1 is 1.27 bits per heavy atom. The first kappa shape index (κ1) is 20.1. The molecular weight excluding hydrogens is 354 g/mol. The van der Waals surface area contributed by atoms with Crippen molar-refractivity contribution in [2.24, 2.45) is 5.92 Å². The van der Waals surface area contributed by atoms with Gasteiger partial charge in [-0.3, -0.25) is 0 Å². The van der Waals surface area contributed by atoms with Crippen molar-refractivity contribution in [2.75, 3.05) is 7.11 Å². The molecule has 0 radical (unpaired) electrons. The largest absolute Gasteiger partial charge is 0.465 e. The quantitative estimate of drug-likeness (QED) is 0.620. The number of benzene rings is 1. The summed E-state index contributed by atoms with van der Waals surface area (Å²) in [6, 6.07) is 4.80. The molecule has 2 atom stereocenters. The molecule has 1 saturated carbocycles. The van der Waals surface area contributed by atoms with E-state index in [9.17, 15) is 9.59 Å². The molecule has 26 heavy (non-hydrogen) atoms. The van der Waals surface area contributed by atoms with E-state index >= 15 is 0 Å². The molecular formula is C20H24ClNO4. The van der Waals surface area contributed by atoms with Gasteiger partial charge in [0.25, 0.3) is 0 Å². The molecule has 0 saturated heterocycles. The highest BCUT2D eigenvalue weighted by molar-refractivity contribution is 6.30. The molecule has 0 spiro atoms. The summed E-state index contributed by atoms with van der Waals surface area (Å²) in [5, 5.41) is 3.40. The number of carbonyl (C=O) groups is 2. The van der Waals surface area contributed by atoms with Gasteiger partial charge in [-0.25, -0.2) is 9.59 Å². The van der Waals surface area contributed by atoms with Crippen LogP contribution in [0.15, 0.2) is 18.2 Å². The SMILES string of the molecule is COC(=O)c1ccc(Cl)cc1C#C[C@H]1CCCC1NC(=O)OC(C)(C)C. The average Bonchev–Trinajstić information content (AvgIpc) is 2.97. The van der Waals surface area contributed by atoms with Crippen molar-refractivity contribution in [1.29, 1.82) is 0 Å². The van der Waals surface area contributed by atoms with Crippen LogP contribution < -0.4 is 5.32 Å². The van der Waals surface area contributed by atoms with E-state index in [4.69, 9.17) is 21.1 Å². The molecule has 140 valence electrons. The Labute approximate surface area is 159 Å². The number of halogens is 1. The molecule has 6 heteroatoms. The third-order valence-electron chi connectivity index (χ3n) is 4.00. The lowest BCUT2D eigenvalue weighted by molar-refractivity contribution is 0.0498. The average molecular weight is 378 g/mol. The normalized spacial score (nSPS) is 19.3. The summed E-state index contributed by atoms with van der Waals surface area (Å²) in [6.07, 6.45) is 2.26. The summed E-state index contributed by atoms with van der Waals surface area (Å²) in [6.45, 7) is 5.48. The first-order valence-electron chi connectivity index (χ1n) is 8.58. The molecule has 1 fully saturated rings. The van der Waals surface area contributed by atoms with Crippen LogP contribution in [0, 0.1) is 17.8 Å². The Hall–Kier alpha value is -2.19. The topological polar surface area (TPSA) is 64.6 Å². The van der Waals surface area contributed by atoms with Crippen LogP contribution in [-0.4, -0.2) is 30.8 Å². The van der Waals surface area contributed by atoms with Crippen LogP contribution in [0.1, 0.15) is 56.0 Å². The van der Waals surface area contributed by atoms with Gasteiger partial charge in [-0.2, -0.15) is 0 Å². The summed E-state index contributed by atoms with van der Waals surface area (Å²) in [7, 11) is 1.33. The molecule has 0 aliphatic heterocycles. The first-order chi connectivity index (χ1) is 12.2. The minimum absolute atomic E-state index is 0.00741. The van der Waals surface area contributed by atoms with Crippen molar-refractivity contribution in [3.8, 4) is 11.8 Å². The number of amides is 1. The third-order valence-corrected chi connectivity index (χ3v) is 4.23. The van der Waals surface area contributed by atoms with Crippen LogP contribution in [0.3, 0.4) is 0 Å². The highest BCUT2D eigenvalue weighted by Gasteiger charge is 2.29. The summed E-state index contributed by atoms with van der Waals surface area (Å²) in [5.41, 5.74) is 0.353. The third kappa shape index (κ3) is 5.67. The maximum absolute atomic E-state index is 12.0. The van der Waals surface area contributed by atoms with Gasteiger partial charge in [0, 0.05) is 22.5 Å². The summed E-state index contributed by atoms with van der Waals surface area (Å²) in [4.78, 5) is 23.9. The van der Waals surface area contributed by atoms with Crippen LogP contribution in [0.5, 0.6) is 0 Å². The Bertz CT molecular complexity index is 742. The predicted molar refractivity (Wildman–Crippen MR) is 100 cm³/mol. The fraction of sp³-hybridized carbons (Fsp3) is 0.500. The monoisotopic (exact) mass is 377 g/mol. The fourth-order valence-electron chi connectivity index (χ4n) is 2.84. The smallest absolute Gasteiger partial charge is 0.407 e. The molecule has 1 aromatic rings. The first-order valence-corrected chi connectivity index (χ1v) is 8.96. The van der Waals surface area contributed by atoms with Crippen molar-refractivity contribution in [2.45, 2.75) is 51.7 Å². The zero-order valence-corrected chi connectivity index (χ0v) is 16.3. The molecule has 1 aliphatic rings. The van der Waals surface area contributed by atoms with E-state index in [2.05, 4.69) is 17.2 Å². The van der Waals surface area contributed by atoms with E-state index in [0.717, 1.165) is 19.3 Å². The maximum atomic E-state index is 12.0. The number of methoxy groups -OCH3 is 1. The lowest BCUT2D eigenvalue weighted by atomic mass is 10.0.